The maximum absolute atomic E-state index is 5.58. The molecule has 0 aliphatic carbocycles. The molecule has 13 rings (SSSR count). The van der Waals surface area contributed by atoms with E-state index in [0.29, 0.717) is 0 Å². The number of aromatic nitrogens is 2. The SMILES string of the molecule is c1ccc2cc(-c3c4ccccc4c(-c4ccc5ccccc5c4)c4c3nc3ccc(-c5c6ccccc6c(-c6cccc7ccccc67)c6ccccc56)cn34)ccc2c1. The van der Waals surface area contributed by atoms with E-state index in [9.17, 15) is 0 Å². The van der Waals surface area contributed by atoms with Gasteiger partial charge in [0.05, 0.1) is 11.0 Å². The number of benzene rings is 11. The van der Waals surface area contributed by atoms with Crippen LogP contribution in [0.2, 0.25) is 0 Å². The van der Waals surface area contributed by atoms with E-state index in [1.807, 2.05) is 0 Å². The molecule has 0 spiro atoms. The number of rotatable bonds is 4. The lowest BCUT2D eigenvalue weighted by Crippen LogP contribution is -1.95. The number of nitrogens with zero attached hydrogens (tertiary/aromatic N) is 2. The highest BCUT2D eigenvalue weighted by molar-refractivity contribution is 6.24. The van der Waals surface area contributed by atoms with Gasteiger partial charge >= 0.3 is 0 Å². The molecule has 0 N–H and O–H groups in total. The van der Waals surface area contributed by atoms with Crippen molar-refractivity contribution in [2.24, 2.45) is 0 Å². The van der Waals surface area contributed by atoms with Crippen molar-refractivity contribution in [3.63, 3.8) is 0 Å². The molecular weight excluding hydrogens is 737 g/mol. The van der Waals surface area contributed by atoms with Gasteiger partial charge in [-0.25, -0.2) is 4.98 Å². The van der Waals surface area contributed by atoms with Crippen LogP contribution in [0.1, 0.15) is 0 Å². The minimum absolute atomic E-state index is 0.916. The Bertz CT molecular complexity index is 3880. The van der Waals surface area contributed by atoms with Gasteiger partial charge in [-0.3, -0.25) is 4.40 Å². The zero-order valence-corrected chi connectivity index (χ0v) is 33.2. The van der Waals surface area contributed by atoms with Crippen molar-refractivity contribution in [3.8, 4) is 44.5 Å². The van der Waals surface area contributed by atoms with Gasteiger partial charge in [-0.15, -0.1) is 0 Å². The highest BCUT2D eigenvalue weighted by Gasteiger charge is 2.23. The van der Waals surface area contributed by atoms with Crippen LogP contribution in [0, 0.1) is 0 Å². The Labute approximate surface area is 352 Å². The molecule has 0 saturated carbocycles. The zero-order chi connectivity index (χ0) is 40.0. The van der Waals surface area contributed by atoms with Gasteiger partial charge in [-0.2, -0.15) is 0 Å². The molecule has 11 aromatic carbocycles. The summed E-state index contributed by atoms with van der Waals surface area (Å²) in [5, 5.41) is 14.7. The average molecular weight is 773 g/mol. The van der Waals surface area contributed by atoms with Crippen LogP contribution in [-0.2, 0) is 0 Å². The highest BCUT2D eigenvalue weighted by Crippen LogP contribution is 2.48. The van der Waals surface area contributed by atoms with Gasteiger partial charge in [-0.1, -0.05) is 188 Å². The van der Waals surface area contributed by atoms with Gasteiger partial charge in [0.2, 0.25) is 0 Å². The summed E-state index contributed by atoms with van der Waals surface area (Å²) in [6.07, 6.45) is 2.35. The Morgan fingerprint density at radius 1 is 0.295 bits per heavy atom. The second-order valence-corrected chi connectivity index (χ2v) is 16.2. The van der Waals surface area contributed by atoms with Gasteiger partial charge in [0.1, 0.15) is 5.65 Å². The molecule has 0 aliphatic rings. The third kappa shape index (κ3) is 5.13. The summed E-state index contributed by atoms with van der Waals surface area (Å²) in [5.41, 5.74) is 12.6. The van der Waals surface area contributed by atoms with Crippen LogP contribution in [0.15, 0.2) is 219 Å². The van der Waals surface area contributed by atoms with E-state index in [1.165, 1.54) is 92.5 Å². The van der Waals surface area contributed by atoms with Crippen LogP contribution in [-0.4, -0.2) is 9.38 Å². The van der Waals surface area contributed by atoms with E-state index in [1.54, 1.807) is 0 Å². The molecule has 2 aromatic heterocycles. The summed E-state index contributed by atoms with van der Waals surface area (Å²) in [5.74, 6) is 0. The van der Waals surface area contributed by atoms with E-state index in [0.717, 1.165) is 33.4 Å². The molecule has 0 fully saturated rings. The van der Waals surface area contributed by atoms with Gasteiger partial charge < -0.3 is 0 Å². The van der Waals surface area contributed by atoms with Crippen LogP contribution in [0.3, 0.4) is 0 Å². The molecule has 2 nitrogen and oxygen atoms in total. The third-order valence-corrected chi connectivity index (χ3v) is 12.9. The summed E-state index contributed by atoms with van der Waals surface area (Å²) in [4.78, 5) is 5.58. The van der Waals surface area contributed by atoms with Crippen molar-refractivity contribution in [1.82, 2.24) is 9.38 Å². The minimum Gasteiger partial charge on any atom is -0.298 e. The fourth-order valence-corrected chi connectivity index (χ4v) is 10.2. The van der Waals surface area contributed by atoms with E-state index >= 15 is 0 Å². The number of hydrogen-bond donors (Lipinski definition) is 0. The molecule has 61 heavy (non-hydrogen) atoms. The smallest absolute Gasteiger partial charge is 0.137 e. The molecule has 0 bridgehead atoms. The van der Waals surface area contributed by atoms with Gasteiger partial charge in [0, 0.05) is 17.3 Å². The predicted molar refractivity (Wildman–Crippen MR) is 259 cm³/mol. The first kappa shape index (κ1) is 33.9. The van der Waals surface area contributed by atoms with Crippen molar-refractivity contribution in [2.75, 3.05) is 0 Å². The fraction of sp³-hybridized carbons (Fsp3) is 0. The van der Waals surface area contributed by atoms with Gasteiger partial charge in [-0.05, 0) is 122 Å². The standard InChI is InChI=1S/C59H36N2/c1-3-17-40-34-42(30-28-37(40)14-1)55-49-23-9-10-24-50(49)56(43-31-29-38-15-2-4-18-41(38)35-43)59-58(55)60-53-33-32-44(36-61(53)59)54-47-21-7-11-25-51(47)57(52-26-12-8-22-48(52)54)46-27-13-19-39-16-5-6-20-45(39)46/h1-36H. The summed E-state index contributed by atoms with van der Waals surface area (Å²) in [6, 6.07) is 77.7. The highest BCUT2D eigenvalue weighted by atomic mass is 15.0. The Balaban J connectivity index is 1.15. The monoisotopic (exact) mass is 772 g/mol. The fourth-order valence-electron chi connectivity index (χ4n) is 10.2. The number of pyridine rings is 1. The molecular formula is C59H36N2. The first-order valence-corrected chi connectivity index (χ1v) is 21.0. The third-order valence-electron chi connectivity index (χ3n) is 12.9. The number of hydrogen-bond acceptors (Lipinski definition) is 1. The lowest BCUT2D eigenvalue weighted by atomic mass is 9.85. The van der Waals surface area contributed by atoms with Crippen molar-refractivity contribution >= 4 is 81.3 Å². The van der Waals surface area contributed by atoms with Crippen molar-refractivity contribution in [1.29, 1.82) is 0 Å². The molecule has 0 aliphatic heterocycles. The topological polar surface area (TPSA) is 17.3 Å². The summed E-state index contributed by atoms with van der Waals surface area (Å²) >= 11 is 0. The summed E-state index contributed by atoms with van der Waals surface area (Å²) in [6.45, 7) is 0. The zero-order valence-electron chi connectivity index (χ0n) is 33.2. The van der Waals surface area contributed by atoms with E-state index < -0.39 is 0 Å². The second kappa shape index (κ2) is 13.2. The number of imidazole rings is 1. The van der Waals surface area contributed by atoms with Crippen molar-refractivity contribution in [2.45, 2.75) is 0 Å². The Morgan fingerprint density at radius 2 is 0.738 bits per heavy atom. The molecule has 13 aromatic rings. The normalized spacial score (nSPS) is 11.9. The minimum atomic E-state index is 0.916. The molecule has 2 heteroatoms. The quantitative estimate of drug-likeness (QED) is 0.163. The Hall–Kier alpha value is -8.07. The molecule has 0 radical (unpaired) electrons. The molecule has 0 saturated heterocycles. The van der Waals surface area contributed by atoms with Crippen LogP contribution in [0.25, 0.3) is 126 Å². The summed E-state index contributed by atoms with van der Waals surface area (Å²) < 4.78 is 2.37. The van der Waals surface area contributed by atoms with Crippen LogP contribution >= 0.6 is 0 Å². The van der Waals surface area contributed by atoms with Crippen LogP contribution < -0.4 is 0 Å². The average Bonchev–Trinajstić information content (AvgIpc) is 3.70. The first-order valence-electron chi connectivity index (χ1n) is 21.0. The van der Waals surface area contributed by atoms with Gasteiger partial charge in [0.15, 0.2) is 0 Å². The van der Waals surface area contributed by atoms with E-state index in [-0.39, 0.29) is 0 Å². The predicted octanol–water partition coefficient (Wildman–Crippen LogP) is 16.1. The summed E-state index contributed by atoms with van der Waals surface area (Å²) in [7, 11) is 0. The van der Waals surface area contributed by atoms with Crippen LogP contribution in [0.5, 0.6) is 0 Å². The van der Waals surface area contributed by atoms with Crippen molar-refractivity contribution < 1.29 is 0 Å². The van der Waals surface area contributed by atoms with E-state index in [2.05, 4.69) is 223 Å². The number of fused-ring (bicyclic) bond motifs is 9. The molecule has 0 atom stereocenters. The maximum Gasteiger partial charge on any atom is 0.137 e. The lowest BCUT2D eigenvalue weighted by Gasteiger charge is -2.19. The molecule has 2 heterocycles. The Morgan fingerprint density at radius 3 is 1.34 bits per heavy atom. The molecule has 0 unspecified atom stereocenters. The first-order chi connectivity index (χ1) is 30.3. The van der Waals surface area contributed by atoms with E-state index in [4.69, 9.17) is 4.98 Å². The molecule has 0 amide bonds. The second-order valence-electron chi connectivity index (χ2n) is 16.2. The maximum atomic E-state index is 5.58. The van der Waals surface area contributed by atoms with Crippen LogP contribution in [0.4, 0.5) is 0 Å². The van der Waals surface area contributed by atoms with Crippen molar-refractivity contribution in [3.05, 3.63) is 219 Å². The Kier molecular flexibility index (Phi) is 7.34. The largest absolute Gasteiger partial charge is 0.298 e. The lowest BCUT2D eigenvalue weighted by molar-refractivity contribution is 1.23. The molecule has 282 valence electrons. The van der Waals surface area contributed by atoms with Gasteiger partial charge in [0.25, 0.3) is 0 Å².